The molecule has 0 aromatic heterocycles. The molecule has 1 saturated carbocycles. The lowest BCUT2D eigenvalue weighted by Gasteiger charge is -2.13. The van der Waals surface area contributed by atoms with Gasteiger partial charge in [-0.15, -0.1) is 0 Å². The van der Waals surface area contributed by atoms with Crippen LogP contribution < -0.4 is 5.32 Å². The molecule has 104 valence electrons. The Morgan fingerprint density at radius 3 is 2.48 bits per heavy atom. The molecule has 1 nitrogen and oxygen atoms in total. The van der Waals surface area contributed by atoms with Crippen molar-refractivity contribution in [3.05, 3.63) is 77.9 Å². The van der Waals surface area contributed by atoms with Crippen molar-refractivity contribution in [3.8, 4) is 0 Å². The van der Waals surface area contributed by atoms with Crippen LogP contribution in [0.4, 0.5) is 5.69 Å². The van der Waals surface area contributed by atoms with E-state index in [9.17, 15) is 0 Å². The Balaban J connectivity index is 1.61. The number of rotatable bonds is 4. The second-order valence-corrected chi connectivity index (χ2v) is 5.85. The van der Waals surface area contributed by atoms with Crippen molar-refractivity contribution in [3.63, 3.8) is 0 Å². The van der Waals surface area contributed by atoms with E-state index in [1.807, 2.05) is 0 Å². The standard InChI is InChI=1S/C20H19N/c1-4-10-19-15(6-1)8-5-11-20(19)21-14-17-7-2-3-9-18(17)16-12-13-16/h1-11,16,21H,12-14H2. The number of hydrogen-bond donors (Lipinski definition) is 1. The summed E-state index contributed by atoms with van der Waals surface area (Å²) in [7, 11) is 0. The molecule has 1 N–H and O–H groups in total. The van der Waals surface area contributed by atoms with Gasteiger partial charge in [-0.1, -0.05) is 60.7 Å². The predicted octanol–water partition coefficient (Wildman–Crippen LogP) is 5.33. The van der Waals surface area contributed by atoms with Crippen LogP contribution in [0.1, 0.15) is 29.9 Å². The molecule has 1 aliphatic carbocycles. The van der Waals surface area contributed by atoms with Gasteiger partial charge in [-0.05, 0) is 41.3 Å². The molecule has 0 radical (unpaired) electrons. The highest BCUT2D eigenvalue weighted by Gasteiger charge is 2.25. The number of benzene rings is 3. The summed E-state index contributed by atoms with van der Waals surface area (Å²) in [5.74, 6) is 0.801. The Labute approximate surface area is 125 Å². The minimum Gasteiger partial charge on any atom is -0.380 e. The maximum atomic E-state index is 3.63. The van der Waals surface area contributed by atoms with Gasteiger partial charge in [0, 0.05) is 17.6 Å². The molecule has 1 heteroatoms. The van der Waals surface area contributed by atoms with Crippen molar-refractivity contribution >= 4 is 16.5 Å². The van der Waals surface area contributed by atoms with E-state index in [2.05, 4.69) is 72.0 Å². The van der Waals surface area contributed by atoms with Crippen molar-refractivity contribution in [1.29, 1.82) is 0 Å². The first-order chi connectivity index (χ1) is 10.4. The van der Waals surface area contributed by atoms with E-state index in [0.29, 0.717) is 0 Å². The lowest BCUT2D eigenvalue weighted by Crippen LogP contribution is -2.02. The zero-order chi connectivity index (χ0) is 14.1. The molecule has 0 spiro atoms. The van der Waals surface area contributed by atoms with Gasteiger partial charge in [0.05, 0.1) is 0 Å². The Hall–Kier alpha value is -2.28. The predicted molar refractivity (Wildman–Crippen MR) is 89.7 cm³/mol. The van der Waals surface area contributed by atoms with E-state index < -0.39 is 0 Å². The van der Waals surface area contributed by atoms with Crippen molar-refractivity contribution in [2.45, 2.75) is 25.3 Å². The average Bonchev–Trinajstić information content (AvgIpc) is 3.38. The SMILES string of the molecule is c1ccc(C2CC2)c(CNc2cccc3ccccc23)c1. The van der Waals surface area contributed by atoms with Gasteiger partial charge in [0.25, 0.3) is 0 Å². The summed E-state index contributed by atoms with van der Waals surface area (Å²) in [6.45, 7) is 0.903. The molecule has 0 saturated heterocycles. The normalized spacial score (nSPS) is 14.3. The molecule has 3 aromatic carbocycles. The molecular formula is C20H19N. The number of nitrogens with one attached hydrogen (secondary N) is 1. The van der Waals surface area contributed by atoms with Crippen LogP contribution in [0.2, 0.25) is 0 Å². The summed E-state index contributed by atoms with van der Waals surface area (Å²) in [6, 6.07) is 23.9. The molecule has 3 aromatic rings. The first-order valence-corrected chi connectivity index (χ1v) is 7.71. The zero-order valence-corrected chi connectivity index (χ0v) is 12.0. The van der Waals surface area contributed by atoms with E-state index in [1.165, 1.54) is 40.4 Å². The highest BCUT2D eigenvalue weighted by Crippen LogP contribution is 2.41. The highest BCUT2D eigenvalue weighted by molar-refractivity contribution is 5.93. The summed E-state index contributed by atoms with van der Waals surface area (Å²) in [5.41, 5.74) is 4.19. The minimum atomic E-state index is 0.801. The quantitative estimate of drug-likeness (QED) is 0.677. The maximum absolute atomic E-state index is 3.63. The Morgan fingerprint density at radius 2 is 1.57 bits per heavy atom. The van der Waals surface area contributed by atoms with Gasteiger partial charge in [0.2, 0.25) is 0 Å². The third kappa shape index (κ3) is 2.52. The second-order valence-electron chi connectivity index (χ2n) is 5.85. The molecule has 0 aliphatic heterocycles. The molecule has 1 fully saturated rings. The smallest absolute Gasteiger partial charge is 0.0422 e. The zero-order valence-electron chi connectivity index (χ0n) is 12.0. The molecule has 4 rings (SSSR count). The first-order valence-electron chi connectivity index (χ1n) is 7.71. The van der Waals surface area contributed by atoms with Crippen molar-refractivity contribution in [2.24, 2.45) is 0 Å². The third-order valence-electron chi connectivity index (χ3n) is 4.33. The summed E-state index contributed by atoms with van der Waals surface area (Å²) < 4.78 is 0. The molecular weight excluding hydrogens is 254 g/mol. The van der Waals surface area contributed by atoms with E-state index in [1.54, 1.807) is 0 Å². The summed E-state index contributed by atoms with van der Waals surface area (Å²) in [4.78, 5) is 0. The van der Waals surface area contributed by atoms with Crippen LogP contribution in [0.5, 0.6) is 0 Å². The number of hydrogen-bond acceptors (Lipinski definition) is 1. The number of fused-ring (bicyclic) bond motifs is 1. The van der Waals surface area contributed by atoms with Crippen molar-refractivity contribution in [1.82, 2.24) is 0 Å². The van der Waals surface area contributed by atoms with Crippen LogP contribution in [0.25, 0.3) is 10.8 Å². The van der Waals surface area contributed by atoms with Gasteiger partial charge < -0.3 is 5.32 Å². The Morgan fingerprint density at radius 1 is 0.810 bits per heavy atom. The fraction of sp³-hybridized carbons (Fsp3) is 0.200. The van der Waals surface area contributed by atoms with E-state index in [4.69, 9.17) is 0 Å². The topological polar surface area (TPSA) is 12.0 Å². The highest BCUT2D eigenvalue weighted by atomic mass is 14.9. The van der Waals surface area contributed by atoms with Gasteiger partial charge in [0.15, 0.2) is 0 Å². The fourth-order valence-electron chi connectivity index (χ4n) is 3.06. The van der Waals surface area contributed by atoms with Crippen LogP contribution >= 0.6 is 0 Å². The second kappa shape index (κ2) is 5.25. The van der Waals surface area contributed by atoms with Gasteiger partial charge in [-0.25, -0.2) is 0 Å². The summed E-state index contributed by atoms with van der Waals surface area (Å²) >= 11 is 0. The van der Waals surface area contributed by atoms with Crippen LogP contribution in [0.3, 0.4) is 0 Å². The summed E-state index contributed by atoms with van der Waals surface area (Å²) in [5, 5.41) is 6.21. The largest absolute Gasteiger partial charge is 0.380 e. The Kier molecular flexibility index (Phi) is 3.11. The first kappa shape index (κ1) is 12.5. The van der Waals surface area contributed by atoms with Crippen LogP contribution in [0, 0.1) is 0 Å². The van der Waals surface area contributed by atoms with E-state index in [0.717, 1.165) is 12.5 Å². The van der Waals surface area contributed by atoms with E-state index >= 15 is 0 Å². The van der Waals surface area contributed by atoms with Gasteiger partial charge >= 0.3 is 0 Å². The monoisotopic (exact) mass is 273 g/mol. The molecule has 0 amide bonds. The van der Waals surface area contributed by atoms with Crippen molar-refractivity contribution in [2.75, 3.05) is 5.32 Å². The van der Waals surface area contributed by atoms with Crippen molar-refractivity contribution < 1.29 is 0 Å². The third-order valence-corrected chi connectivity index (χ3v) is 4.33. The van der Waals surface area contributed by atoms with Crippen LogP contribution in [-0.2, 0) is 6.54 Å². The van der Waals surface area contributed by atoms with E-state index in [-0.39, 0.29) is 0 Å². The van der Waals surface area contributed by atoms with Crippen LogP contribution in [-0.4, -0.2) is 0 Å². The molecule has 0 unspecified atom stereocenters. The average molecular weight is 273 g/mol. The maximum Gasteiger partial charge on any atom is 0.0422 e. The molecule has 0 atom stereocenters. The minimum absolute atomic E-state index is 0.801. The lowest BCUT2D eigenvalue weighted by molar-refractivity contribution is 1.04. The molecule has 0 bridgehead atoms. The van der Waals surface area contributed by atoms with Crippen LogP contribution in [0.15, 0.2) is 66.7 Å². The van der Waals surface area contributed by atoms with Gasteiger partial charge in [-0.2, -0.15) is 0 Å². The fourth-order valence-corrected chi connectivity index (χ4v) is 3.06. The molecule has 21 heavy (non-hydrogen) atoms. The lowest BCUT2D eigenvalue weighted by atomic mass is 10.0. The van der Waals surface area contributed by atoms with Gasteiger partial charge in [-0.3, -0.25) is 0 Å². The summed E-state index contributed by atoms with van der Waals surface area (Å²) in [6.07, 6.45) is 2.70. The number of anilines is 1. The Bertz CT molecular complexity index is 766. The molecule has 1 aliphatic rings. The molecule has 0 heterocycles. The van der Waals surface area contributed by atoms with Gasteiger partial charge in [0.1, 0.15) is 0 Å².